The maximum Gasteiger partial charge on any atom is 0.254 e. The summed E-state index contributed by atoms with van der Waals surface area (Å²) in [5, 5.41) is 20.4. The second-order valence-electron chi connectivity index (χ2n) is 7.50. The average Bonchev–Trinajstić information content (AvgIpc) is 3.11. The van der Waals surface area contributed by atoms with Crippen LogP contribution in [-0.2, 0) is 7.05 Å². The number of aliphatic hydroxyl groups excluding tert-OH is 1. The standard InChI is InChI=1S/C23H23N5O2/c1-26-20-10-6-5-9-19(20)25-22(26)18(15-24)21(29)16-27-11-13-28(14-12-27)23(30)17-7-3-2-4-8-17/h2-10,29H,11-14,16H2,1H3/p+1/b21-18-. The van der Waals surface area contributed by atoms with Gasteiger partial charge in [0.1, 0.15) is 18.2 Å². The number of quaternary nitrogens is 1. The van der Waals surface area contributed by atoms with Gasteiger partial charge in [0.25, 0.3) is 5.91 Å². The Bertz CT molecular complexity index is 1140. The highest BCUT2D eigenvalue weighted by Gasteiger charge is 2.26. The Kier molecular flexibility index (Phi) is 5.50. The molecule has 0 saturated carbocycles. The third-order valence-electron chi connectivity index (χ3n) is 5.61. The maximum absolute atomic E-state index is 12.6. The highest BCUT2D eigenvalue weighted by atomic mass is 16.3. The van der Waals surface area contributed by atoms with Gasteiger partial charge in [-0.3, -0.25) is 4.79 Å². The molecule has 152 valence electrons. The molecule has 0 bridgehead atoms. The molecule has 1 aliphatic heterocycles. The molecular weight excluding hydrogens is 378 g/mol. The molecule has 1 fully saturated rings. The molecule has 1 amide bonds. The molecule has 7 nitrogen and oxygen atoms in total. The molecular formula is C23H24N5O2+. The Morgan fingerprint density at radius 3 is 2.47 bits per heavy atom. The number of fused-ring (bicyclic) bond motifs is 1. The van der Waals surface area contributed by atoms with Gasteiger partial charge in [0.15, 0.2) is 11.6 Å². The van der Waals surface area contributed by atoms with Crippen molar-refractivity contribution in [1.82, 2.24) is 14.5 Å². The smallest absolute Gasteiger partial charge is 0.254 e. The number of allylic oxidation sites excluding steroid dienone is 1. The third-order valence-corrected chi connectivity index (χ3v) is 5.61. The fourth-order valence-corrected chi connectivity index (χ4v) is 3.90. The van der Waals surface area contributed by atoms with E-state index < -0.39 is 0 Å². The van der Waals surface area contributed by atoms with Crippen LogP contribution in [0.4, 0.5) is 0 Å². The number of imidazole rings is 1. The number of aliphatic hydroxyl groups is 1. The summed E-state index contributed by atoms with van der Waals surface area (Å²) in [5.41, 5.74) is 2.59. The van der Waals surface area contributed by atoms with Crippen LogP contribution in [0.3, 0.4) is 0 Å². The Morgan fingerprint density at radius 1 is 1.13 bits per heavy atom. The minimum absolute atomic E-state index is 0.0341. The van der Waals surface area contributed by atoms with Crippen LogP contribution < -0.4 is 4.90 Å². The number of aryl methyl sites for hydroxylation is 1. The molecule has 30 heavy (non-hydrogen) atoms. The highest BCUT2D eigenvalue weighted by molar-refractivity contribution is 5.94. The predicted molar refractivity (Wildman–Crippen MR) is 114 cm³/mol. The number of para-hydroxylation sites is 2. The Labute approximate surface area is 175 Å². The van der Waals surface area contributed by atoms with Crippen molar-refractivity contribution in [2.45, 2.75) is 0 Å². The van der Waals surface area contributed by atoms with Gasteiger partial charge in [-0.25, -0.2) is 4.98 Å². The van der Waals surface area contributed by atoms with Crippen molar-refractivity contribution in [3.63, 3.8) is 0 Å². The number of piperazine rings is 1. The minimum Gasteiger partial charge on any atom is -0.506 e. The summed E-state index contributed by atoms with van der Waals surface area (Å²) in [6.45, 7) is 2.99. The number of carbonyl (C=O) groups excluding carboxylic acids is 1. The maximum atomic E-state index is 12.6. The lowest BCUT2D eigenvalue weighted by molar-refractivity contribution is -0.900. The van der Waals surface area contributed by atoms with Gasteiger partial charge in [-0.15, -0.1) is 0 Å². The van der Waals surface area contributed by atoms with Gasteiger partial charge in [-0.1, -0.05) is 30.3 Å². The minimum atomic E-state index is 0.0341. The van der Waals surface area contributed by atoms with E-state index in [0.717, 1.165) is 15.9 Å². The average molecular weight is 402 g/mol. The Hall–Kier alpha value is -3.63. The molecule has 1 aliphatic rings. The van der Waals surface area contributed by atoms with Crippen LogP contribution in [0.1, 0.15) is 16.2 Å². The monoisotopic (exact) mass is 402 g/mol. The molecule has 3 aromatic rings. The molecule has 0 aliphatic carbocycles. The zero-order chi connectivity index (χ0) is 21.1. The predicted octanol–water partition coefficient (Wildman–Crippen LogP) is 1.41. The summed E-state index contributed by atoms with van der Waals surface area (Å²) in [6.07, 6.45) is 0. The van der Waals surface area contributed by atoms with E-state index in [-0.39, 0.29) is 17.2 Å². The van der Waals surface area contributed by atoms with Crippen molar-refractivity contribution < 1.29 is 14.8 Å². The molecule has 2 N–H and O–H groups in total. The van der Waals surface area contributed by atoms with Gasteiger partial charge in [0, 0.05) is 12.6 Å². The summed E-state index contributed by atoms with van der Waals surface area (Å²) in [5.74, 6) is 0.536. The van der Waals surface area contributed by atoms with Gasteiger partial charge in [0.2, 0.25) is 0 Å². The number of nitrogens with zero attached hydrogens (tertiary/aromatic N) is 4. The number of carbonyl (C=O) groups is 1. The van der Waals surface area contributed by atoms with E-state index in [0.29, 0.717) is 44.1 Å². The van der Waals surface area contributed by atoms with Crippen LogP contribution in [-0.4, -0.2) is 58.2 Å². The van der Waals surface area contributed by atoms with Crippen LogP contribution in [0.25, 0.3) is 16.6 Å². The van der Waals surface area contributed by atoms with Gasteiger partial charge < -0.3 is 19.5 Å². The molecule has 4 rings (SSSR count). The number of rotatable bonds is 4. The van der Waals surface area contributed by atoms with E-state index in [9.17, 15) is 15.2 Å². The van der Waals surface area contributed by atoms with Crippen molar-refractivity contribution in [3.8, 4) is 6.07 Å². The number of hydrogen-bond donors (Lipinski definition) is 2. The van der Waals surface area contributed by atoms with E-state index in [2.05, 4.69) is 11.1 Å². The number of hydrogen-bond acceptors (Lipinski definition) is 4. The Balaban J connectivity index is 1.46. The highest BCUT2D eigenvalue weighted by Crippen LogP contribution is 2.21. The fourth-order valence-electron chi connectivity index (χ4n) is 3.90. The van der Waals surface area contributed by atoms with Crippen molar-refractivity contribution in [1.29, 1.82) is 5.26 Å². The summed E-state index contributed by atoms with van der Waals surface area (Å²) in [6, 6.07) is 19.0. The molecule has 7 heteroatoms. The number of nitrogens with one attached hydrogen (secondary N) is 1. The van der Waals surface area contributed by atoms with Crippen molar-refractivity contribution in [2.75, 3.05) is 32.7 Å². The molecule has 1 aromatic heterocycles. The molecule has 0 unspecified atom stereocenters. The van der Waals surface area contributed by atoms with Crippen LogP contribution in [0.5, 0.6) is 0 Å². The van der Waals surface area contributed by atoms with E-state index in [4.69, 9.17) is 0 Å². The third kappa shape index (κ3) is 3.78. The largest absolute Gasteiger partial charge is 0.506 e. The van der Waals surface area contributed by atoms with E-state index in [1.807, 2.05) is 71.1 Å². The first kappa shape index (κ1) is 19.7. The number of amides is 1. The molecule has 2 heterocycles. The molecule has 1 saturated heterocycles. The number of aromatic nitrogens is 2. The summed E-state index contributed by atoms with van der Waals surface area (Å²) >= 11 is 0. The summed E-state index contributed by atoms with van der Waals surface area (Å²) in [4.78, 5) is 20.1. The first-order valence-electron chi connectivity index (χ1n) is 10.0. The summed E-state index contributed by atoms with van der Waals surface area (Å²) in [7, 11) is 1.84. The van der Waals surface area contributed by atoms with Gasteiger partial charge in [-0.05, 0) is 24.3 Å². The first-order chi connectivity index (χ1) is 14.6. The second-order valence-corrected chi connectivity index (χ2v) is 7.50. The van der Waals surface area contributed by atoms with E-state index in [1.165, 1.54) is 0 Å². The van der Waals surface area contributed by atoms with Crippen molar-refractivity contribution in [2.24, 2.45) is 7.05 Å². The SMILES string of the molecule is Cn1c(/C(C#N)=C(\O)C[NH+]2CCN(C(=O)c3ccccc3)CC2)nc2ccccc21. The number of benzene rings is 2. The van der Waals surface area contributed by atoms with E-state index >= 15 is 0 Å². The van der Waals surface area contributed by atoms with E-state index in [1.54, 1.807) is 0 Å². The quantitative estimate of drug-likeness (QED) is 0.510. The van der Waals surface area contributed by atoms with Crippen LogP contribution >= 0.6 is 0 Å². The van der Waals surface area contributed by atoms with Gasteiger partial charge >= 0.3 is 0 Å². The topological polar surface area (TPSA) is 86.6 Å². The Morgan fingerprint density at radius 2 is 1.80 bits per heavy atom. The number of nitriles is 1. The lowest BCUT2D eigenvalue weighted by Gasteiger charge is -2.32. The molecule has 0 atom stereocenters. The lowest BCUT2D eigenvalue weighted by Crippen LogP contribution is -3.15. The van der Waals surface area contributed by atoms with Gasteiger partial charge in [-0.2, -0.15) is 5.26 Å². The van der Waals surface area contributed by atoms with Gasteiger partial charge in [0.05, 0.1) is 37.2 Å². The molecule has 0 radical (unpaired) electrons. The zero-order valence-corrected chi connectivity index (χ0v) is 16.9. The first-order valence-corrected chi connectivity index (χ1v) is 10.0. The normalized spacial score (nSPS) is 15.7. The second kappa shape index (κ2) is 8.39. The van der Waals surface area contributed by atoms with Crippen molar-refractivity contribution >= 4 is 22.5 Å². The van der Waals surface area contributed by atoms with Crippen LogP contribution in [0.2, 0.25) is 0 Å². The summed E-state index contributed by atoms with van der Waals surface area (Å²) < 4.78 is 1.83. The lowest BCUT2D eigenvalue weighted by atomic mass is 10.1. The molecule has 0 spiro atoms. The van der Waals surface area contributed by atoms with Crippen LogP contribution in [0.15, 0.2) is 60.4 Å². The van der Waals surface area contributed by atoms with Crippen molar-refractivity contribution in [3.05, 3.63) is 71.7 Å². The molecule has 2 aromatic carbocycles. The van der Waals surface area contributed by atoms with Crippen LogP contribution in [0, 0.1) is 11.3 Å². The fraction of sp³-hybridized carbons (Fsp3) is 0.261. The zero-order valence-electron chi connectivity index (χ0n) is 16.9.